The fourth-order valence-corrected chi connectivity index (χ4v) is 7.72. The van der Waals surface area contributed by atoms with Gasteiger partial charge >= 0.3 is 134 Å². The number of allylic oxidation sites excluding steroid dienone is 20. The van der Waals surface area contributed by atoms with Crippen molar-refractivity contribution in [2.75, 3.05) is 0 Å². The van der Waals surface area contributed by atoms with Crippen LogP contribution in [0.3, 0.4) is 0 Å². The third-order valence-corrected chi connectivity index (χ3v) is 11.0. The SMILES string of the molecule is CC1=C(/C=C/C(C)=C/C=C/C(C)=C/C=C/C=C(C)/C=C/C=C(C)/C=C/C2=C(C)C(=O)C(OP(=O)(O)OP(=O)(O)O)CC2(C)C)C(C)(C)CC(O)C1=O.[H-].[H-].[H-].[H-].[Na+].[Na+].[Na+].[Na+]. The number of ketones is 2. The van der Waals surface area contributed by atoms with Crippen molar-refractivity contribution in [3.8, 4) is 0 Å². The summed E-state index contributed by atoms with van der Waals surface area (Å²) in [5.74, 6) is -0.764. The molecular formula is C40H58Na4O10P2. The van der Waals surface area contributed by atoms with Crippen molar-refractivity contribution >= 4 is 27.2 Å². The predicted octanol–water partition coefficient (Wildman–Crippen LogP) is -2.39. The van der Waals surface area contributed by atoms with E-state index in [1.54, 1.807) is 13.8 Å². The van der Waals surface area contributed by atoms with E-state index in [4.69, 9.17) is 14.3 Å². The fraction of sp³-hybridized carbons (Fsp3) is 0.400. The van der Waals surface area contributed by atoms with E-state index in [1.165, 1.54) is 0 Å². The Morgan fingerprint density at radius 3 is 1.41 bits per heavy atom. The number of aliphatic hydroxyl groups is 1. The van der Waals surface area contributed by atoms with Crippen molar-refractivity contribution in [3.05, 3.63) is 130 Å². The number of hydrogen-bond acceptors (Lipinski definition) is 7. The zero-order valence-corrected chi connectivity index (χ0v) is 45.6. The van der Waals surface area contributed by atoms with Gasteiger partial charge in [0.25, 0.3) is 0 Å². The van der Waals surface area contributed by atoms with E-state index < -0.39 is 39.1 Å². The van der Waals surface area contributed by atoms with Crippen molar-refractivity contribution in [3.63, 3.8) is 0 Å². The molecule has 0 aromatic carbocycles. The molecule has 2 aliphatic rings. The van der Waals surface area contributed by atoms with Gasteiger partial charge in [0, 0.05) is 0 Å². The van der Waals surface area contributed by atoms with Gasteiger partial charge in [-0.3, -0.25) is 14.1 Å². The van der Waals surface area contributed by atoms with Crippen LogP contribution in [0.15, 0.2) is 130 Å². The molecule has 0 saturated heterocycles. The molecule has 0 spiro atoms. The molecule has 3 unspecified atom stereocenters. The second-order valence-electron chi connectivity index (χ2n) is 14.5. The third kappa shape index (κ3) is 21.0. The summed E-state index contributed by atoms with van der Waals surface area (Å²) in [6.45, 7) is 19.0. The minimum absolute atomic E-state index is 0. The molecule has 16 heteroatoms. The Balaban J connectivity index is -0.000000702. The number of carbonyl (C=O) groups excluding carboxylic acids is 2. The summed E-state index contributed by atoms with van der Waals surface area (Å²) in [6, 6.07) is 0. The molecule has 0 aromatic heterocycles. The normalized spacial score (nSPS) is 22.5. The van der Waals surface area contributed by atoms with Crippen LogP contribution in [0.5, 0.6) is 0 Å². The van der Waals surface area contributed by atoms with Crippen LogP contribution >= 0.6 is 15.6 Å². The van der Waals surface area contributed by atoms with Crippen LogP contribution in [-0.4, -0.2) is 43.6 Å². The molecule has 0 aliphatic heterocycles. The summed E-state index contributed by atoms with van der Waals surface area (Å²) in [6.07, 6.45) is 25.5. The zero-order valence-electron chi connectivity index (χ0n) is 39.8. The molecule has 3 atom stereocenters. The molecule has 4 N–H and O–H groups in total. The Bertz CT molecular complexity index is 1870. The van der Waals surface area contributed by atoms with Crippen molar-refractivity contribution in [1.29, 1.82) is 0 Å². The molecule has 0 bridgehead atoms. The van der Waals surface area contributed by atoms with E-state index in [2.05, 4.69) is 4.31 Å². The third-order valence-electron chi connectivity index (χ3n) is 8.76. The molecule has 0 fully saturated rings. The van der Waals surface area contributed by atoms with E-state index in [1.807, 2.05) is 140 Å². The molecule has 10 nitrogen and oxygen atoms in total. The van der Waals surface area contributed by atoms with Gasteiger partial charge in [-0.15, -0.1) is 0 Å². The first-order valence-electron chi connectivity index (χ1n) is 16.9. The quantitative estimate of drug-likeness (QED) is 0.0842. The van der Waals surface area contributed by atoms with Crippen LogP contribution in [0.2, 0.25) is 0 Å². The molecule has 0 radical (unpaired) electrons. The monoisotopic (exact) mass is 852 g/mol. The Morgan fingerprint density at radius 1 is 0.643 bits per heavy atom. The molecule has 292 valence electrons. The van der Waals surface area contributed by atoms with Gasteiger partial charge in [-0.25, -0.2) is 9.13 Å². The standard InChI is InChI=1S/C40H54O10P2.4Na.4H/c1-27(17-13-19-29(3)21-23-33-31(5)37(42)35(41)25-39(33,7)8)15-11-12-16-28(2)18-14-20-30(4)22-24-34-32(6)38(43)36(26-40(34,9)10)49-52(47,48)50-51(44,45)46;;;;;;;;/h11-24,35-36,41H,25-26H2,1-10H3,(H,47,48)(H2,44,45,46);;;;;;;;/q;4*+1;4*-1/b12-11+,17-13+,18-14+,23-21+,24-22+,27-15+,28-16+,29-19+,30-20+;;;;;;;;. The first-order chi connectivity index (χ1) is 23.8. The van der Waals surface area contributed by atoms with Crippen LogP contribution in [0, 0.1) is 10.8 Å². The van der Waals surface area contributed by atoms with E-state index in [9.17, 15) is 28.7 Å². The second kappa shape index (κ2) is 26.9. The summed E-state index contributed by atoms with van der Waals surface area (Å²) in [5.41, 5.74) is 5.74. The van der Waals surface area contributed by atoms with Crippen molar-refractivity contribution < 1.29 is 171 Å². The molecule has 0 amide bonds. The number of Topliss-reactive ketones (excluding diaryl/α,β-unsaturated/α-hetero) is 2. The number of aliphatic hydroxyl groups excluding tert-OH is 1. The number of hydrogen-bond donors (Lipinski definition) is 4. The van der Waals surface area contributed by atoms with E-state index in [-0.39, 0.29) is 142 Å². The maximum Gasteiger partial charge on any atom is 1.00 e. The molecule has 56 heavy (non-hydrogen) atoms. The number of phosphoric acid groups is 2. The predicted molar refractivity (Wildman–Crippen MR) is 211 cm³/mol. The van der Waals surface area contributed by atoms with Crippen molar-refractivity contribution in [2.45, 2.75) is 94.3 Å². The number of carbonyl (C=O) groups is 2. The number of phosphoric ester groups is 1. The van der Waals surface area contributed by atoms with Gasteiger partial charge in [0.1, 0.15) is 12.2 Å². The Kier molecular flexibility index (Phi) is 29.3. The summed E-state index contributed by atoms with van der Waals surface area (Å²) >= 11 is 0. The summed E-state index contributed by atoms with van der Waals surface area (Å²) in [4.78, 5) is 52.6. The Morgan fingerprint density at radius 2 is 1.00 bits per heavy atom. The summed E-state index contributed by atoms with van der Waals surface area (Å²) in [7, 11) is -10.5. The van der Waals surface area contributed by atoms with Crippen LogP contribution in [0.1, 0.15) is 87.8 Å². The van der Waals surface area contributed by atoms with Gasteiger partial charge in [0.15, 0.2) is 11.6 Å². The maximum absolute atomic E-state index is 12.9. The van der Waals surface area contributed by atoms with Crippen LogP contribution in [0.25, 0.3) is 0 Å². The Hall–Kier alpha value is 0.700. The fourth-order valence-electron chi connectivity index (χ4n) is 5.99. The van der Waals surface area contributed by atoms with Gasteiger partial charge in [0.2, 0.25) is 0 Å². The largest absolute Gasteiger partial charge is 1.00 e. The first kappa shape index (κ1) is 61.0. The molecule has 0 aromatic rings. The summed E-state index contributed by atoms with van der Waals surface area (Å²) in [5, 5.41) is 10.0. The molecule has 2 rings (SSSR count). The average Bonchev–Trinajstić information content (AvgIpc) is 2.98. The first-order valence-corrected chi connectivity index (χ1v) is 19.9. The maximum atomic E-state index is 12.9. The van der Waals surface area contributed by atoms with E-state index in [0.29, 0.717) is 23.1 Å². The van der Waals surface area contributed by atoms with Crippen LogP contribution in [0.4, 0.5) is 0 Å². The van der Waals surface area contributed by atoms with Gasteiger partial charge in [0.05, 0.1) is 0 Å². The average molecular weight is 853 g/mol. The van der Waals surface area contributed by atoms with Gasteiger partial charge in [-0.2, -0.15) is 4.31 Å². The Labute approximate surface area is 428 Å². The van der Waals surface area contributed by atoms with Crippen LogP contribution < -0.4 is 118 Å². The van der Waals surface area contributed by atoms with E-state index in [0.717, 1.165) is 27.9 Å². The topological polar surface area (TPSA) is 168 Å². The summed E-state index contributed by atoms with van der Waals surface area (Å²) < 4.78 is 31.8. The minimum atomic E-state index is -5.31. The smallest absolute Gasteiger partial charge is 1.00 e. The molecular weight excluding hydrogens is 794 g/mol. The van der Waals surface area contributed by atoms with Gasteiger partial charge < -0.3 is 25.5 Å². The molecule has 0 saturated carbocycles. The van der Waals surface area contributed by atoms with Gasteiger partial charge in [-0.05, 0) is 87.5 Å². The van der Waals surface area contributed by atoms with Crippen molar-refractivity contribution in [1.82, 2.24) is 0 Å². The molecule has 0 heterocycles. The zero-order chi connectivity index (χ0) is 39.7. The minimum Gasteiger partial charge on any atom is -1.00 e. The van der Waals surface area contributed by atoms with Gasteiger partial charge in [-0.1, -0.05) is 135 Å². The number of rotatable bonds is 14. The van der Waals surface area contributed by atoms with Crippen LogP contribution in [-0.2, 0) is 27.6 Å². The second-order valence-corrected chi connectivity index (χ2v) is 17.3. The molecule has 2 aliphatic carbocycles. The van der Waals surface area contributed by atoms with Crippen molar-refractivity contribution in [2.24, 2.45) is 10.8 Å². The van der Waals surface area contributed by atoms with E-state index >= 15 is 0 Å².